The van der Waals surface area contributed by atoms with Crippen LogP contribution in [0.25, 0.3) is 0 Å². The van der Waals surface area contributed by atoms with Gasteiger partial charge in [-0.25, -0.2) is 13.1 Å². The van der Waals surface area contributed by atoms with E-state index in [1.165, 1.54) is 36.9 Å². The molecule has 1 heterocycles. The Labute approximate surface area is 170 Å². The third kappa shape index (κ3) is 5.32. The van der Waals surface area contributed by atoms with Gasteiger partial charge in [-0.15, -0.1) is 0 Å². The Balaban J connectivity index is 1.50. The number of sulfonamides is 1. The summed E-state index contributed by atoms with van der Waals surface area (Å²) in [4.78, 5) is 15.0. The highest BCUT2D eigenvalue weighted by atomic mass is 35.5. The number of nitrogens with zero attached hydrogens (tertiary/aromatic N) is 1. The van der Waals surface area contributed by atoms with Crippen LogP contribution in [0.15, 0.2) is 53.4 Å². The quantitative estimate of drug-likeness (QED) is 0.751. The van der Waals surface area contributed by atoms with E-state index >= 15 is 0 Å². The van der Waals surface area contributed by atoms with E-state index < -0.39 is 10.0 Å². The zero-order valence-electron chi connectivity index (χ0n) is 15.7. The number of hydrogen-bond donors (Lipinski definition) is 2. The second kappa shape index (κ2) is 9.05. The maximum Gasteiger partial charge on any atom is 0.251 e. The zero-order chi connectivity index (χ0) is 20.1. The first-order valence-corrected chi connectivity index (χ1v) is 11.0. The van der Waals surface area contributed by atoms with Gasteiger partial charge in [0, 0.05) is 36.3 Å². The van der Waals surface area contributed by atoms with E-state index in [0.29, 0.717) is 5.56 Å². The van der Waals surface area contributed by atoms with Gasteiger partial charge in [0.05, 0.1) is 4.90 Å². The van der Waals surface area contributed by atoms with Crippen LogP contribution in [0, 0.1) is 0 Å². The fourth-order valence-electron chi connectivity index (χ4n) is 3.26. The first-order valence-electron chi connectivity index (χ1n) is 9.18. The summed E-state index contributed by atoms with van der Waals surface area (Å²) < 4.78 is 25.8. The molecule has 0 aromatic heterocycles. The second-order valence-corrected chi connectivity index (χ2v) is 9.21. The van der Waals surface area contributed by atoms with E-state index in [9.17, 15) is 13.2 Å². The minimum absolute atomic E-state index is 0.120. The molecular formula is C20H24ClN3O3S. The molecule has 150 valence electrons. The Kier molecular flexibility index (Phi) is 6.72. The lowest BCUT2D eigenvalue weighted by atomic mass is 10.0. The maximum absolute atomic E-state index is 12.4. The van der Waals surface area contributed by atoms with E-state index in [4.69, 9.17) is 11.6 Å². The molecule has 3 rings (SSSR count). The zero-order valence-corrected chi connectivity index (χ0v) is 17.3. The van der Waals surface area contributed by atoms with Crippen LogP contribution in [0.2, 0.25) is 5.02 Å². The van der Waals surface area contributed by atoms with Gasteiger partial charge in [0.1, 0.15) is 0 Å². The van der Waals surface area contributed by atoms with E-state index in [1.807, 2.05) is 24.3 Å². The average Bonchev–Trinajstić information content (AvgIpc) is 2.71. The summed E-state index contributed by atoms with van der Waals surface area (Å²) in [6.07, 6.45) is 1.76. The third-order valence-electron chi connectivity index (χ3n) is 4.94. The Hall–Kier alpha value is -1.93. The number of hydrogen-bond acceptors (Lipinski definition) is 4. The minimum Gasteiger partial charge on any atom is -0.349 e. The number of nitrogens with one attached hydrogen (secondary N) is 2. The van der Waals surface area contributed by atoms with Gasteiger partial charge in [-0.1, -0.05) is 23.7 Å². The number of carbonyl (C=O) groups excluding carboxylic acids is 1. The fraction of sp³-hybridized carbons (Fsp3) is 0.350. The summed E-state index contributed by atoms with van der Waals surface area (Å²) in [5.74, 6) is -0.176. The lowest BCUT2D eigenvalue weighted by Gasteiger charge is -2.32. The van der Waals surface area contributed by atoms with Crippen molar-refractivity contribution in [1.82, 2.24) is 14.9 Å². The largest absolute Gasteiger partial charge is 0.349 e. The van der Waals surface area contributed by atoms with Crippen molar-refractivity contribution in [2.75, 3.05) is 20.1 Å². The van der Waals surface area contributed by atoms with Gasteiger partial charge in [0.15, 0.2) is 0 Å². The van der Waals surface area contributed by atoms with Crippen molar-refractivity contribution in [3.8, 4) is 0 Å². The summed E-state index contributed by atoms with van der Waals surface area (Å²) in [5, 5.41) is 3.79. The molecule has 0 saturated carbocycles. The molecule has 1 fully saturated rings. The van der Waals surface area contributed by atoms with Gasteiger partial charge in [-0.3, -0.25) is 9.69 Å². The molecule has 1 aliphatic heterocycles. The molecule has 0 spiro atoms. The predicted octanol–water partition coefficient (Wildman–Crippen LogP) is 2.64. The molecule has 0 atom stereocenters. The molecule has 1 aliphatic rings. The Morgan fingerprint density at radius 1 is 1.07 bits per heavy atom. The molecule has 6 nitrogen and oxygen atoms in total. The monoisotopic (exact) mass is 421 g/mol. The lowest BCUT2D eigenvalue weighted by Crippen LogP contribution is -2.44. The molecule has 2 aromatic rings. The highest BCUT2D eigenvalue weighted by Gasteiger charge is 2.21. The third-order valence-corrected chi connectivity index (χ3v) is 6.62. The van der Waals surface area contributed by atoms with Crippen molar-refractivity contribution in [3.05, 3.63) is 64.7 Å². The van der Waals surface area contributed by atoms with E-state index in [1.54, 1.807) is 0 Å². The number of likely N-dealkylation sites (tertiary alicyclic amines) is 1. The topological polar surface area (TPSA) is 78.5 Å². The highest BCUT2D eigenvalue weighted by molar-refractivity contribution is 7.89. The minimum atomic E-state index is -3.50. The summed E-state index contributed by atoms with van der Waals surface area (Å²) in [6.45, 7) is 2.69. The molecule has 1 amide bonds. The van der Waals surface area contributed by atoms with Gasteiger partial charge in [-0.2, -0.15) is 0 Å². The number of piperidine rings is 1. The molecule has 0 aliphatic carbocycles. The van der Waals surface area contributed by atoms with Crippen LogP contribution in [0.4, 0.5) is 0 Å². The van der Waals surface area contributed by atoms with Crippen molar-refractivity contribution in [2.45, 2.75) is 30.3 Å². The maximum atomic E-state index is 12.4. The van der Waals surface area contributed by atoms with Crippen molar-refractivity contribution in [2.24, 2.45) is 0 Å². The van der Waals surface area contributed by atoms with Gasteiger partial charge >= 0.3 is 0 Å². The Bertz CT molecular complexity index is 907. The van der Waals surface area contributed by atoms with E-state index in [-0.39, 0.29) is 16.8 Å². The molecule has 2 N–H and O–H groups in total. The smallest absolute Gasteiger partial charge is 0.251 e. The normalized spacial score (nSPS) is 16.1. The van der Waals surface area contributed by atoms with E-state index in [2.05, 4.69) is 14.9 Å². The summed E-state index contributed by atoms with van der Waals surface area (Å²) in [6, 6.07) is 13.9. The molecule has 2 aromatic carbocycles. The van der Waals surface area contributed by atoms with Gasteiger partial charge in [0.25, 0.3) is 5.91 Å². The van der Waals surface area contributed by atoms with Crippen LogP contribution in [0.1, 0.15) is 28.8 Å². The predicted molar refractivity (Wildman–Crippen MR) is 110 cm³/mol. The van der Waals surface area contributed by atoms with Crippen LogP contribution < -0.4 is 10.0 Å². The molecule has 1 saturated heterocycles. The molecule has 0 radical (unpaired) electrons. The number of halogens is 1. The Morgan fingerprint density at radius 2 is 1.68 bits per heavy atom. The van der Waals surface area contributed by atoms with Crippen molar-refractivity contribution < 1.29 is 13.2 Å². The SMILES string of the molecule is CNS(=O)(=O)c1ccc(C(=O)NC2CCN(Cc3ccc(Cl)cc3)CC2)cc1. The number of benzene rings is 2. The lowest BCUT2D eigenvalue weighted by molar-refractivity contribution is 0.0909. The first-order chi connectivity index (χ1) is 13.4. The summed E-state index contributed by atoms with van der Waals surface area (Å²) in [5.41, 5.74) is 1.68. The number of carbonyl (C=O) groups is 1. The molecule has 28 heavy (non-hydrogen) atoms. The highest BCUT2D eigenvalue weighted by Crippen LogP contribution is 2.17. The molecule has 0 unspecified atom stereocenters. The summed E-state index contributed by atoms with van der Waals surface area (Å²) in [7, 11) is -2.14. The van der Waals surface area contributed by atoms with Crippen molar-refractivity contribution in [3.63, 3.8) is 0 Å². The number of rotatable bonds is 6. The van der Waals surface area contributed by atoms with Crippen LogP contribution >= 0.6 is 11.6 Å². The Morgan fingerprint density at radius 3 is 2.25 bits per heavy atom. The van der Waals surface area contributed by atoms with Gasteiger partial charge in [0.2, 0.25) is 10.0 Å². The average molecular weight is 422 g/mol. The van der Waals surface area contributed by atoms with Crippen LogP contribution in [0.3, 0.4) is 0 Å². The van der Waals surface area contributed by atoms with Crippen molar-refractivity contribution in [1.29, 1.82) is 0 Å². The van der Waals surface area contributed by atoms with Crippen LogP contribution in [-0.2, 0) is 16.6 Å². The van der Waals surface area contributed by atoms with Crippen LogP contribution in [-0.4, -0.2) is 45.4 Å². The molecular weight excluding hydrogens is 398 g/mol. The molecule has 0 bridgehead atoms. The van der Waals surface area contributed by atoms with Crippen LogP contribution in [0.5, 0.6) is 0 Å². The summed E-state index contributed by atoms with van der Waals surface area (Å²) >= 11 is 5.92. The van der Waals surface area contributed by atoms with E-state index in [0.717, 1.165) is 37.5 Å². The second-order valence-electron chi connectivity index (χ2n) is 6.88. The first kappa shape index (κ1) is 20.8. The van der Waals surface area contributed by atoms with Crippen molar-refractivity contribution >= 4 is 27.5 Å². The fourth-order valence-corrected chi connectivity index (χ4v) is 4.11. The standard InChI is InChI=1S/C20H24ClN3O3S/c1-22-28(26,27)19-8-4-16(5-9-19)20(25)23-18-10-12-24(13-11-18)14-15-2-6-17(21)7-3-15/h2-9,18,22H,10-14H2,1H3,(H,23,25). The van der Waals surface area contributed by atoms with Gasteiger partial charge in [-0.05, 0) is 61.9 Å². The molecule has 8 heteroatoms. The number of amides is 1. The van der Waals surface area contributed by atoms with Gasteiger partial charge < -0.3 is 5.32 Å².